The number of imidazole rings is 1. The number of hydrogen-bond donors (Lipinski definition) is 2. The van der Waals surface area contributed by atoms with Crippen LogP contribution in [0.15, 0.2) is 73.3 Å². The Hall–Kier alpha value is -5.12. The summed E-state index contributed by atoms with van der Waals surface area (Å²) in [7, 11) is 1.56. The van der Waals surface area contributed by atoms with Crippen molar-refractivity contribution in [3.05, 3.63) is 84.8 Å². The van der Waals surface area contributed by atoms with Crippen LogP contribution in [-0.4, -0.2) is 31.0 Å². The number of fused-ring (bicyclic) bond motifs is 3. The van der Waals surface area contributed by atoms with Gasteiger partial charge in [-0.1, -0.05) is 18.2 Å². The van der Waals surface area contributed by atoms with Crippen LogP contribution in [0.25, 0.3) is 33.5 Å². The molecule has 4 aromatic heterocycles. The molecule has 10 heteroatoms. The lowest BCUT2D eigenvalue weighted by Gasteiger charge is -2.13. The average molecular weight is 496 g/mol. The van der Waals surface area contributed by atoms with Crippen molar-refractivity contribution in [1.29, 1.82) is 0 Å². The number of pyridine rings is 1. The second-order valence-corrected chi connectivity index (χ2v) is 8.46. The van der Waals surface area contributed by atoms with Gasteiger partial charge >= 0.3 is 0 Å². The summed E-state index contributed by atoms with van der Waals surface area (Å²) in [6.45, 7) is 1.84. The Morgan fingerprint density at radius 3 is 2.59 bits per heavy atom. The van der Waals surface area contributed by atoms with Crippen LogP contribution in [0.1, 0.15) is 5.69 Å². The Bertz CT molecular complexity index is 1810. The molecule has 37 heavy (non-hydrogen) atoms. The van der Waals surface area contributed by atoms with E-state index in [0.29, 0.717) is 50.8 Å². The van der Waals surface area contributed by atoms with Crippen LogP contribution in [0, 0.1) is 12.7 Å². The van der Waals surface area contributed by atoms with Crippen molar-refractivity contribution in [3.8, 4) is 34.2 Å². The minimum absolute atomic E-state index is 0.0544. The molecular formula is C27H22FN7O2. The Kier molecular flexibility index (Phi) is 5.15. The highest BCUT2D eigenvalue weighted by Gasteiger charge is 2.23. The topological polar surface area (TPSA) is 119 Å². The van der Waals surface area contributed by atoms with Crippen LogP contribution in [-0.2, 0) is 0 Å². The van der Waals surface area contributed by atoms with Gasteiger partial charge in [-0.2, -0.15) is 0 Å². The van der Waals surface area contributed by atoms with Gasteiger partial charge in [-0.25, -0.2) is 19.3 Å². The first-order chi connectivity index (χ1) is 18.0. The molecule has 0 radical (unpaired) electrons. The van der Waals surface area contributed by atoms with Gasteiger partial charge in [0.1, 0.15) is 17.8 Å². The van der Waals surface area contributed by atoms with Gasteiger partial charge in [0.25, 0.3) is 0 Å². The van der Waals surface area contributed by atoms with Crippen molar-refractivity contribution in [2.24, 2.45) is 0 Å². The summed E-state index contributed by atoms with van der Waals surface area (Å²) in [5.74, 6) is 0.599. The minimum Gasteiger partial charge on any atom is -0.492 e. The molecule has 0 aliphatic rings. The maximum absolute atomic E-state index is 15.4. The van der Waals surface area contributed by atoms with Crippen LogP contribution in [0.4, 0.5) is 15.9 Å². The first kappa shape index (κ1) is 22.4. The third kappa shape index (κ3) is 3.57. The molecule has 0 bridgehead atoms. The number of halogens is 1. The molecule has 6 rings (SSSR count). The van der Waals surface area contributed by atoms with E-state index in [1.165, 1.54) is 12.4 Å². The summed E-state index contributed by atoms with van der Waals surface area (Å²) >= 11 is 0. The highest BCUT2D eigenvalue weighted by atomic mass is 19.1. The highest BCUT2D eigenvalue weighted by molar-refractivity contribution is 6.08. The molecule has 0 saturated heterocycles. The number of aryl methyl sites for hydroxylation is 1. The van der Waals surface area contributed by atoms with Gasteiger partial charge in [-0.05, 0) is 42.8 Å². The molecule has 0 aliphatic heterocycles. The molecule has 0 spiro atoms. The molecule has 2 aromatic carbocycles. The van der Waals surface area contributed by atoms with Gasteiger partial charge in [0.2, 0.25) is 5.88 Å². The summed E-state index contributed by atoms with van der Waals surface area (Å²) in [5, 5.41) is 0.600. The zero-order chi connectivity index (χ0) is 25.7. The normalized spacial score (nSPS) is 11.3. The van der Waals surface area contributed by atoms with Crippen molar-refractivity contribution in [3.63, 3.8) is 0 Å². The molecule has 6 aromatic rings. The first-order valence-corrected chi connectivity index (χ1v) is 11.4. The molecule has 4 N–H and O–H groups in total. The van der Waals surface area contributed by atoms with E-state index in [1.54, 1.807) is 37.4 Å². The van der Waals surface area contributed by atoms with E-state index in [9.17, 15) is 0 Å². The van der Waals surface area contributed by atoms with E-state index in [1.807, 2.05) is 46.5 Å². The largest absolute Gasteiger partial charge is 0.492 e. The van der Waals surface area contributed by atoms with Gasteiger partial charge in [0.15, 0.2) is 23.0 Å². The lowest BCUT2D eigenvalue weighted by Crippen LogP contribution is -2.01. The molecule has 0 fully saturated rings. The minimum atomic E-state index is -0.552. The van der Waals surface area contributed by atoms with Crippen LogP contribution < -0.4 is 20.9 Å². The SMILES string of the molecule is COc1c(N)cccc1-n1ccn2c3ncnc(N)c3c(-c3ccc(Oc4cccc(C)n4)c(F)c3)c12. The van der Waals surface area contributed by atoms with Crippen LogP contribution in [0.3, 0.4) is 0 Å². The summed E-state index contributed by atoms with van der Waals surface area (Å²) in [5.41, 5.74) is 17.0. The zero-order valence-electron chi connectivity index (χ0n) is 20.0. The van der Waals surface area contributed by atoms with Crippen molar-refractivity contribution >= 4 is 28.2 Å². The van der Waals surface area contributed by atoms with Crippen molar-refractivity contribution in [2.45, 2.75) is 6.92 Å². The van der Waals surface area contributed by atoms with Gasteiger partial charge < -0.3 is 20.9 Å². The molecule has 0 amide bonds. The Morgan fingerprint density at radius 2 is 1.81 bits per heavy atom. The predicted molar refractivity (Wildman–Crippen MR) is 140 cm³/mol. The maximum atomic E-state index is 15.4. The molecule has 0 atom stereocenters. The smallest absolute Gasteiger partial charge is 0.219 e. The number of nitrogens with two attached hydrogens (primary N) is 2. The van der Waals surface area contributed by atoms with E-state index in [4.69, 9.17) is 20.9 Å². The number of anilines is 2. The predicted octanol–water partition coefficient (Wildman–Crippen LogP) is 5.15. The monoisotopic (exact) mass is 495 g/mol. The number of hydrogen-bond acceptors (Lipinski definition) is 7. The molecule has 0 saturated carbocycles. The third-order valence-corrected chi connectivity index (χ3v) is 6.17. The summed E-state index contributed by atoms with van der Waals surface area (Å²) in [6.07, 6.45) is 5.12. The standard InChI is InChI=1S/C27H22FN7O2/c1-15-5-3-8-21(33-15)37-20-10-9-16(13-17(20)28)22-23-25(30)31-14-32-26(23)35-12-11-34(27(22)35)19-7-4-6-18(29)24(19)36-2/h3-14H,29H2,1-2H3,(H2,30,31,32). The highest BCUT2D eigenvalue weighted by Crippen LogP contribution is 2.41. The van der Waals surface area contributed by atoms with E-state index in [2.05, 4.69) is 15.0 Å². The van der Waals surface area contributed by atoms with Gasteiger partial charge in [-0.3, -0.25) is 8.97 Å². The molecule has 9 nitrogen and oxygen atoms in total. The van der Waals surface area contributed by atoms with Crippen LogP contribution in [0.5, 0.6) is 17.4 Å². The van der Waals surface area contributed by atoms with Crippen molar-refractivity contribution in [2.75, 3.05) is 18.6 Å². The maximum Gasteiger partial charge on any atom is 0.219 e. The van der Waals surface area contributed by atoms with Gasteiger partial charge in [-0.15, -0.1) is 0 Å². The Balaban J connectivity index is 1.58. The zero-order valence-corrected chi connectivity index (χ0v) is 20.0. The second-order valence-electron chi connectivity index (χ2n) is 8.46. The van der Waals surface area contributed by atoms with Gasteiger partial charge in [0, 0.05) is 29.7 Å². The number of rotatable bonds is 5. The number of benzene rings is 2. The van der Waals surface area contributed by atoms with E-state index in [0.717, 1.165) is 5.69 Å². The first-order valence-electron chi connectivity index (χ1n) is 11.4. The van der Waals surface area contributed by atoms with E-state index < -0.39 is 5.82 Å². The van der Waals surface area contributed by atoms with Crippen molar-refractivity contribution < 1.29 is 13.9 Å². The molecular weight excluding hydrogens is 473 g/mol. The summed E-state index contributed by atoms with van der Waals surface area (Å²) < 4.78 is 30.5. The number of methoxy groups -OCH3 is 1. The number of ether oxygens (including phenoxy) is 2. The lowest BCUT2D eigenvalue weighted by molar-refractivity contribution is 0.415. The van der Waals surface area contributed by atoms with Crippen LogP contribution in [0.2, 0.25) is 0 Å². The Labute approximate surface area is 210 Å². The fraction of sp³-hybridized carbons (Fsp3) is 0.0741. The number of para-hydroxylation sites is 1. The number of nitrogens with zero attached hydrogens (tertiary/aromatic N) is 5. The number of nitrogen functional groups attached to an aromatic ring is 2. The fourth-order valence-corrected chi connectivity index (χ4v) is 4.57. The third-order valence-electron chi connectivity index (χ3n) is 6.17. The van der Waals surface area contributed by atoms with E-state index >= 15 is 4.39 Å². The summed E-state index contributed by atoms with van der Waals surface area (Å²) in [6, 6.07) is 15.5. The fourth-order valence-electron chi connectivity index (χ4n) is 4.57. The molecule has 4 heterocycles. The molecule has 0 aliphatic carbocycles. The Morgan fingerprint density at radius 1 is 0.973 bits per heavy atom. The van der Waals surface area contributed by atoms with E-state index in [-0.39, 0.29) is 11.6 Å². The van der Waals surface area contributed by atoms with Crippen LogP contribution >= 0.6 is 0 Å². The van der Waals surface area contributed by atoms with Gasteiger partial charge in [0.05, 0.1) is 23.9 Å². The average Bonchev–Trinajstić information content (AvgIpc) is 3.44. The second kappa shape index (κ2) is 8.52. The lowest BCUT2D eigenvalue weighted by atomic mass is 10.0. The number of aromatic nitrogens is 5. The van der Waals surface area contributed by atoms with Crippen molar-refractivity contribution in [1.82, 2.24) is 23.9 Å². The molecule has 184 valence electrons. The quantitative estimate of drug-likeness (QED) is 0.318. The molecule has 0 unspecified atom stereocenters. The summed E-state index contributed by atoms with van der Waals surface area (Å²) in [4.78, 5) is 12.9.